The lowest BCUT2D eigenvalue weighted by molar-refractivity contribution is 0.0951. The van der Waals surface area contributed by atoms with Crippen molar-refractivity contribution in [2.45, 2.75) is 6.54 Å². The summed E-state index contributed by atoms with van der Waals surface area (Å²) in [5.74, 6) is -0.288. The van der Waals surface area contributed by atoms with E-state index >= 15 is 0 Å². The van der Waals surface area contributed by atoms with E-state index in [0.717, 1.165) is 5.56 Å². The zero-order chi connectivity index (χ0) is 19.8. The van der Waals surface area contributed by atoms with E-state index in [1.165, 1.54) is 6.07 Å². The summed E-state index contributed by atoms with van der Waals surface area (Å²) in [5.41, 5.74) is 2.91. The molecule has 0 aliphatic heterocycles. The number of fused-ring (bicyclic) bond motifs is 3. The van der Waals surface area contributed by atoms with Crippen LogP contribution in [0.3, 0.4) is 0 Å². The second-order valence-electron chi connectivity index (χ2n) is 6.18. The van der Waals surface area contributed by atoms with Crippen LogP contribution >= 0.6 is 23.2 Å². The van der Waals surface area contributed by atoms with Gasteiger partial charge in [-0.1, -0.05) is 35.3 Å². The molecule has 4 rings (SSSR count). The van der Waals surface area contributed by atoms with Gasteiger partial charge in [0.1, 0.15) is 10.7 Å². The largest absolute Gasteiger partial charge is 0.348 e. The number of hydrogen-bond acceptors (Lipinski definition) is 3. The van der Waals surface area contributed by atoms with E-state index in [1.54, 1.807) is 46.9 Å². The predicted molar refractivity (Wildman–Crippen MR) is 108 cm³/mol. The Morgan fingerprint density at radius 1 is 1.11 bits per heavy atom. The van der Waals surface area contributed by atoms with Gasteiger partial charge in [0.25, 0.3) is 11.5 Å². The van der Waals surface area contributed by atoms with E-state index in [9.17, 15) is 9.59 Å². The van der Waals surface area contributed by atoms with Gasteiger partial charge in [0.05, 0.1) is 27.7 Å². The van der Waals surface area contributed by atoms with Crippen LogP contribution in [0.2, 0.25) is 10.2 Å². The van der Waals surface area contributed by atoms with E-state index in [-0.39, 0.29) is 21.6 Å². The Balaban J connectivity index is 1.64. The van der Waals surface area contributed by atoms with Gasteiger partial charge in [-0.05, 0) is 42.0 Å². The first-order chi connectivity index (χ1) is 13.5. The first kappa shape index (κ1) is 18.1. The molecular weight excluding hydrogens is 399 g/mol. The minimum Gasteiger partial charge on any atom is -0.348 e. The van der Waals surface area contributed by atoms with Crippen LogP contribution in [0.4, 0.5) is 0 Å². The number of carbonyl (C=O) groups is 1. The van der Waals surface area contributed by atoms with Crippen LogP contribution in [0.1, 0.15) is 21.5 Å². The Bertz CT molecular complexity index is 1330. The number of carbonyl (C=O) groups excluding carboxylic acids is 1. The minimum atomic E-state index is -0.351. The molecule has 8 heteroatoms. The number of nitrogens with one attached hydrogen (secondary N) is 2. The van der Waals surface area contributed by atoms with Crippen LogP contribution in [-0.2, 0) is 6.54 Å². The second-order valence-corrected chi connectivity index (χ2v) is 6.95. The molecule has 1 amide bonds. The quantitative estimate of drug-likeness (QED) is 0.536. The van der Waals surface area contributed by atoms with Crippen molar-refractivity contribution in [2.24, 2.45) is 0 Å². The number of H-pyrrole nitrogens is 1. The summed E-state index contributed by atoms with van der Waals surface area (Å²) < 4.78 is 1.55. The number of nitrogens with zero attached hydrogens (tertiary/aromatic N) is 2. The summed E-state index contributed by atoms with van der Waals surface area (Å²) >= 11 is 12.3. The van der Waals surface area contributed by atoms with E-state index in [2.05, 4.69) is 10.3 Å². The number of rotatable bonds is 3. The number of hydrogen-bond donors (Lipinski definition) is 2. The summed E-state index contributed by atoms with van der Waals surface area (Å²) in [7, 11) is 0. The van der Waals surface area contributed by atoms with Crippen molar-refractivity contribution in [1.82, 2.24) is 14.7 Å². The molecule has 2 aromatic carbocycles. The Morgan fingerprint density at radius 3 is 2.57 bits per heavy atom. The number of amides is 1. The molecular formula is C20H12Cl2N4O2. The van der Waals surface area contributed by atoms with Crippen molar-refractivity contribution in [3.8, 4) is 6.07 Å². The molecule has 0 aliphatic carbocycles. The van der Waals surface area contributed by atoms with Crippen LogP contribution in [0.5, 0.6) is 0 Å². The highest BCUT2D eigenvalue weighted by molar-refractivity contribution is 6.42. The van der Waals surface area contributed by atoms with Crippen LogP contribution < -0.4 is 10.9 Å². The average molecular weight is 411 g/mol. The zero-order valence-electron chi connectivity index (χ0n) is 14.3. The molecule has 0 atom stereocenters. The van der Waals surface area contributed by atoms with Crippen molar-refractivity contribution in [3.05, 3.63) is 85.8 Å². The molecule has 0 radical (unpaired) electrons. The van der Waals surface area contributed by atoms with Crippen molar-refractivity contribution in [1.29, 1.82) is 5.26 Å². The molecule has 28 heavy (non-hydrogen) atoms. The molecule has 0 spiro atoms. The third-order valence-electron chi connectivity index (χ3n) is 4.41. The molecule has 4 aromatic rings. The summed E-state index contributed by atoms with van der Waals surface area (Å²) in [5, 5.41) is 12.2. The Morgan fingerprint density at radius 2 is 1.86 bits per heavy atom. The molecule has 0 saturated heterocycles. The number of halogens is 2. The molecule has 0 fully saturated rings. The molecule has 138 valence electrons. The number of nitriles is 1. The molecule has 2 N–H and O–H groups in total. The lowest BCUT2D eigenvalue weighted by Crippen LogP contribution is -2.23. The monoisotopic (exact) mass is 410 g/mol. The maximum absolute atomic E-state index is 12.5. The van der Waals surface area contributed by atoms with Gasteiger partial charge in [0.15, 0.2) is 0 Å². The molecule has 2 heterocycles. The average Bonchev–Trinajstić information content (AvgIpc) is 3.02. The number of aromatic amines is 1. The van der Waals surface area contributed by atoms with Gasteiger partial charge >= 0.3 is 0 Å². The van der Waals surface area contributed by atoms with Crippen molar-refractivity contribution >= 4 is 45.7 Å². The fourth-order valence-corrected chi connectivity index (χ4v) is 3.42. The third-order valence-corrected chi connectivity index (χ3v) is 5.17. The summed E-state index contributed by atoms with van der Waals surface area (Å²) in [6, 6.07) is 15.5. The lowest BCUT2D eigenvalue weighted by Gasteiger charge is -2.08. The Kier molecular flexibility index (Phi) is 4.55. The van der Waals surface area contributed by atoms with Crippen molar-refractivity contribution < 1.29 is 4.79 Å². The molecule has 0 bridgehead atoms. The van der Waals surface area contributed by atoms with E-state index < -0.39 is 0 Å². The smallest absolute Gasteiger partial charge is 0.272 e. The lowest BCUT2D eigenvalue weighted by atomic mass is 10.1. The molecule has 0 unspecified atom stereocenters. The highest BCUT2D eigenvalue weighted by Crippen LogP contribution is 2.28. The first-order valence-corrected chi connectivity index (χ1v) is 9.03. The van der Waals surface area contributed by atoms with Gasteiger partial charge in [0, 0.05) is 12.1 Å². The first-order valence-electron chi connectivity index (χ1n) is 8.27. The highest BCUT2D eigenvalue weighted by atomic mass is 35.5. The topological polar surface area (TPSA) is 90.2 Å². The summed E-state index contributed by atoms with van der Waals surface area (Å²) in [6.07, 6.45) is 0. The third kappa shape index (κ3) is 3.11. The standard InChI is InChI=1S/C20H12Cl2N4O2/c21-14-8-17-20(28)25-15-7-13(5-6-16(15)26(17)18(14)22)19(27)24-10-12-3-1-11(9-23)2-4-12/h1-8H,10H2,(H,24,27)(H,25,28). The number of aromatic nitrogens is 2. The molecule has 2 aromatic heterocycles. The molecule has 0 aliphatic rings. The fourth-order valence-electron chi connectivity index (χ4n) is 3.00. The van der Waals surface area contributed by atoms with Gasteiger partial charge in [-0.3, -0.25) is 14.0 Å². The van der Waals surface area contributed by atoms with Gasteiger partial charge in [0.2, 0.25) is 0 Å². The van der Waals surface area contributed by atoms with Crippen LogP contribution in [0.15, 0.2) is 53.3 Å². The predicted octanol–water partition coefficient (Wildman–Crippen LogP) is 3.89. The zero-order valence-corrected chi connectivity index (χ0v) is 15.8. The number of benzene rings is 2. The Labute approximate surface area is 168 Å². The van der Waals surface area contributed by atoms with E-state index in [1.807, 2.05) is 6.07 Å². The van der Waals surface area contributed by atoms with Gasteiger partial charge in [-0.15, -0.1) is 0 Å². The fraction of sp³-hybridized carbons (Fsp3) is 0.0500. The van der Waals surface area contributed by atoms with E-state index in [0.29, 0.717) is 34.2 Å². The van der Waals surface area contributed by atoms with Crippen LogP contribution in [-0.4, -0.2) is 15.3 Å². The Hall–Kier alpha value is -3.27. The van der Waals surface area contributed by atoms with Gasteiger partial charge in [-0.2, -0.15) is 5.26 Å². The van der Waals surface area contributed by atoms with Gasteiger partial charge < -0.3 is 10.3 Å². The normalized spacial score (nSPS) is 10.9. The maximum Gasteiger partial charge on any atom is 0.272 e. The summed E-state index contributed by atoms with van der Waals surface area (Å²) in [6.45, 7) is 0.317. The van der Waals surface area contributed by atoms with Crippen molar-refractivity contribution in [3.63, 3.8) is 0 Å². The van der Waals surface area contributed by atoms with Gasteiger partial charge in [-0.25, -0.2) is 0 Å². The minimum absolute atomic E-state index is 0.241. The van der Waals surface area contributed by atoms with Crippen LogP contribution in [0, 0.1) is 11.3 Å². The molecule has 6 nitrogen and oxygen atoms in total. The molecule has 0 saturated carbocycles. The summed E-state index contributed by atoms with van der Waals surface area (Å²) in [4.78, 5) is 27.5. The SMILES string of the molecule is N#Cc1ccc(CNC(=O)c2ccc3c(c2)[nH]c(=O)c2cc(Cl)c(Cl)n23)cc1. The highest BCUT2D eigenvalue weighted by Gasteiger charge is 2.14. The maximum atomic E-state index is 12.5. The van der Waals surface area contributed by atoms with Crippen molar-refractivity contribution in [2.75, 3.05) is 0 Å². The second kappa shape index (κ2) is 7.04. The van der Waals surface area contributed by atoms with Crippen LogP contribution in [0.25, 0.3) is 16.6 Å². The van der Waals surface area contributed by atoms with E-state index in [4.69, 9.17) is 28.5 Å².